The molecule has 44 heavy (non-hydrogen) atoms. The second-order valence-corrected chi connectivity index (χ2v) is 10.9. The zero-order chi connectivity index (χ0) is 29.0. The molecule has 6 aromatic carbocycles. The van der Waals surface area contributed by atoms with Crippen molar-refractivity contribution in [2.75, 3.05) is 0 Å². The SMILES string of the molecule is c1ccc(-c2cccc(-c3nc(-c4ccc5oc6ccccc6c5c4)nc(-n4c5ccccc5c5ccccc54)n3)c2)cc1. The normalized spacial score (nSPS) is 11.6. The fourth-order valence-corrected chi connectivity index (χ4v) is 6.19. The first-order chi connectivity index (χ1) is 21.8. The van der Waals surface area contributed by atoms with Crippen LogP contribution in [-0.2, 0) is 0 Å². The highest BCUT2D eigenvalue weighted by atomic mass is 16.3. The minimum absolute atomic E-state index is 0.574. The third-order valence-electron chi connectivity index (χ3n) is 8.27. The number of furan rings is 1. The zero-order valence-corrected chi connectivity index (χ0v) is 23.6. The number of hydrogen-bond donors (Lipinski definition) is 0. The minimum atomic E-state index is 0.574. The van der Waals surface area contributed by atoms with Crippen LogP contribution in [0.1, 0.15) is 0 Å². The van der Waals surface area contributed by atoms with Gasteiger partial charge in [0.1, 0.15) is 11.2 Å². The van der Waals surface area contributed by atoms with Gasteiger partial charge < -0.3 is 4.42 Å². The maximum absolute atomic E-state index is 6.11. The van der Waals surface area contributed by atoms with Crippen LogP contribution < -0.4 is 0 Å². The number of nitrogens with zero attached hydrogens (tertiary/aromatic N) is 4. The molecule has 5 heteroatoms. The van der Waals surface area contributed by atoms with Crippen molar-refractivity contribution in [3.8, 4) is 39.9 Å². The van der Waals surface area contributed by atoms with Gasteiger partial charge in [-0.05, 0) is 53.6 Å². The predicted octanol–water partition coefficient (Wildman–Crippen LogP) is 9.87. The Balaban J connectivity index is 1.31. The van der Waals surface area contributed by atoms with Gasteiger partial charge in [-0.25, -0.2) is 4.98 Å². The Labute approximate surface area is 252 Å². The summed E-state index contributed by atoms with van der Waals surface area (Å²) in [5.41, 5.74) is 7.86. The summed E-state index contributed by atoms with van der Waals surface area (Å²) >= 11 is 0. The third-order valence-corrected chi connectivity index (χ3v) is 8.27. The van der Waals surface area contributed by atoms with Crippen molar-refractivity contribution < 1.29 is 4.42 Å². The Bertz CT molecular complexity index is 2460. The van der Waals surface area contributed by atoms with Crippen LogP contribution in [-0.4, -0.2) is 19.5 Å². The molecule has 0 saturated heterocycles. The van der Waals surface area contributed by atoms with Crippen LogP contribution in [0.4, 0.5) is 0 Å². The minimum Gasteiger partial charge on any atom is -0.456 e. The molecule has 0 amide bonds. The summed E-state index contributed by atoms with van der Waals surface area (Å²) in [5.74, 6) is 1.79. The molecule has 0 saturated carbocycles. The van der Waals surface area contributed by atoms with Gasteiger partial charge in [-0.15, -0.1) is 0 Å². The summed E-state index contributed by atoms with van der Waals surface area (Å²) in [6.07, 6.45) is 0. The largest absolute Gasteiger partial charge is 0.456 e. The lowest BCUT2D eigenvalue weighted by Gasteiger charge is -2.11. The second kappa shape index (κ2) is 9.75. The monoisotopic (exact) mass is 564 g/mol. The van der Waals surface area contributed by atoms with E-state index in [2.05, 4.69) is 114 Å². The fraction of sp³-hybridized carbons (Fsp3) is 0. The molecule has 0 aliphatic rings. The van der Waals surface area contributed by atoms with Crippen LogP contribution in [0.15, 0.2) is 150 Å². The molecule has 0 bridgehead atoms. The Hall–Kier alpha value is -6.07. The molecular formula is C39H24N4O. The molecule has 0 unspecified atom stereocenters. The second-order valence-electron chi connectivity index (χ2n) is 10.9. The van der Waals surface area contributed by atoms with E-state index in [9.17, 15) is 0 Å². The molecule has 9 aromatic rings. The van der Waals surface area contributed by atoms with Crippen LogP contribution in [0.2, 0.25) is 0 Å². The van der Waals surface area contributed by atoms with E-state index in [1.165, 1.54) is 0 Å². The van der Waals surface area contributed by atoms with E-state index < -0.39 is 0 Å². The van der Waals surface area contributed by atoms with E-state index >= 15 is 0 Å². The summed E-state index contributed by atoms with van der Waals surface area (Å²) in [6.45, 7) is 0. The number of rotatable bonds is 4. The van der Waals surface area contributed by atoms with Crippen molar-refractivity contribution in [3.63, 3.8) is 0 Å². The Morgan fingerprint density at radius 3 is 1.70 bits per heavy atom. The van der Waals surface area contributed by atoms with E-state index in [1.807, 2.05) is 36.4 Å². The van der Waals surface area contributed by atoms with Gasteiger partial charge in [0.25, 0.3) is 0 Å². The summed E-state index contributed by atoms with van der Waals surface area (Å²) in [5, 5.41) is 4.41. The van der Waals surface area contributed by atoms with Crippen LogP contribution in [0.3, 0.4) is 0 Å². The van der Waals surface area contributed by atoms with Gasteiger partial charge in [0.15, 0.2) is 11.6 Å². The molecule has 0 radical (unpaired) electrons. The summed E-state index contributed by atoms with van der Waals surface area (Å²) < 4.78 is 8.26. The number of benzene rings is 6. The highest BCUT2D eigenvalue weighted by molar-refractivity contribution is 6.09. The average molecular weight is 565 g/mol. The van der Waals surface area contributed by atoms with Gasteiger partial charge in [0.2, 0.25) is 5.95 Å². The lowest BCUT2D eigenvalue weighted by Crippen LogP contribution is -2.06. The van der Waals surface area contributed by atoms with Crippen LogP contribution in [0.25, 0.3) is 83.6 Å². The first kappa shape index (κ1) is 24.5. The smallest absolute Gasteiger partial charge is 0.238 e. The topological polar surface area (TPSA) is 56.7 Å². The maximum atomic E-state index is 6.11. The molecule has 3 heterocycles. The molecule has 0 spiro atoms. The Morgan fingerprint density at radius 2 is 0.955 bits per heavy atom. The van der Waals surface area contributed by atoms with E-state index in [0.717, 1.165) is 66.0 Å². The molecule has 206 valence electrons. The van der Waals surface area contributed by atoms with Gasteiger partial charge in [0, 0.05) is 32.7 Å². The molecule has 5 nitrogen and oxygen atoms in total. The quantitative estimate of drug-likeness (QED) is 0.213. The number of aromatic nitrogens is 4. The van der Waals surface area contributed by atoms with Gasteiger partial charge in [0.05, 0.1) is 11.0 Å². The Kier molecular flexibility index (Phi) is 5.43. The van der Waals surface area contributed by atoms with E-state index in [1.54, 1.807) is 0 Å². The first-order valence-corrected chi connectivity index (χ1v) is 14.6. The van der Waals surface area contributed by atoms with Crippen molar-refractivity contribution in [2.24, 2.45) is 0 Å². The predicted molar refractivity (Wildman–Crippen MR) is 178 cm³/mol. The zero-order valence-electron chi connectivity index (χ0n) is 23.6. The average Bonchev–Trinajstić information content (AvgIpc) is 3.64. The van der Waals surface area contributed by atoms with Crippen molar-refractivity contribution in [1.29, 1.82) is 0 Å². The Morgan fingerprint density at radius 1 is 0.386 bits per heavy atom. The highest BCUT2D eigenvalue weighted by Gasteiger charge is 2.18. The lowest BCUT2D eigenvalue weighted by atomic mass is 10.0. The van der Waals surface area contributed by atoms with Crippen molar-refractivity contribution in [3.05, 3.63) is 146 Å². The number of hydrogen-bond acceptors (Lipinski definition) is 4. The van der Waals surface area contributed by atoms with Gasteiger partial charge in [-0.2, -0.15) is 9.97 Å². The van der Waals surface area contributed by atoms with Crippen LogP contribution in [0.5, 0.6) is 0 Å². The van der Waals surface area contributed by atoms with E-state index in [0.29, 0.717) is 17.6 Å². The summed E-state index contributed by atoms with van der Waals surface area (Å²) in [6, 6.07) is 49.8. The standard InChI is InChI=1S/C39H24N4O/c1-2-11-25(12-3-1)26-13-10-14-27(23-26)37-40-38(28-21-22-36-32(24-28)31-17-6-9-20-35(31)44-36)42-39(41-37)43-33-18-7-4-15-29(33)30-16-5-8-19-34(30)43/h1-24H. The van der Waals surface area contributed by atoms with E-state index in [4.69, 9.17) is 19.4 Å². The molecule has 9 rings (SSSR count). The van der Waals surface area contributed by atoms with Gasteiger partial charge >= 0.3 is 0 Å². The molecule has 3 aromatic heterocycles. The van der Waals surface area contributed by atoms with Crippen LogP contribution in [0, 0.1) is 0 Å². The third kappa shape index (κ3) is 3.91. The number of para-hydroxylation sites is 3. The highest BCUT2D eigenvalue weighted by Crippen LogP contribution is 2.35. The molecule has 0 N–H and O–H groups in total. The molecule has 0 fully saturated rings. The fourth-order valence-electron chi connectivity index (χ4n) is 6.19. The van der Waals surface area contributed by atoms with Crippen LogP contribution >= 0.6 is 0 Å². The molecule has 0 aliphatic heterocycles. The summed E-state index contributed by atoms with van der Waals surface area (Å²) in [7, 11) is 0. The first-order valence-electron chi connectivity index (χ1n) is 14.6. The van der Waals surface area contributed by atoms with E-state index in [-0.39, 0.29) is 0 Å². The maximum Gasteiger partial charge on any atom is 0.238 e. The number of fused-ring (bicyclic) bond motifs is 6. The molecular weight excluding hydrogens is 540 g/mol. The lowest BCUT2D eigenvalue weighted by molar-refractivity contribution is 0.669. The molecule has 0 atom stereocenters. The molecule has 0 aliphatic carbocycles. The van der Waals surface area contributed by atoms with Gasteiger partial charge in [-0.3, -0.25) is 4.57 Å². The van der Waals surface area contributed by atoms with Crippen molar-refractivity contribution >= 4 is 43.7 Å². The summed E-state index contributed by atoms with van der Waals surface area (Å²) in [4.78, 5) is 15.3. The van der Waals surface area contributed by atoms with Crippen molar-refractivity contribution in [2.45, 2.75) is 0 Å². The van der Waals surface area contributed by atoms with Gasteiger partial charge in [-0.1, -0.05) is 103 Å². The van der Waals surface area contributed by atoms with Crippen molar-refractivity contribution in [1.82, 2.24) is 19.5 Å².